The summed E-state index contributed by atoms with van der Waals surface area (Å²) in [4.78, 5) is 10.2. The largest absolute Gasteiger partial charge is 0.370 e. The van der Waals surface area contributed by atoms with Crippen LogP contribution in [0.1, 0.15) is 56.1 Å². The molecule has 0 radical (unpaired) electrons. The fraction of sp³-hybridized carbons (Fsp3) is 0.692. The predicted octanol–water partition coefficient (Wildman–Crippen LogP) is 3.40. The van der Waals surface area contributed by atoms with Crippen molar-refractivity contribution in [2.75, 3.05) is 0 Å². The van der Waals surface area contributed by atoms with Crippen molar-refractivity contribution >= 4 is 41.3 Å². The van der Waals surface area contributed by atoms with Gasteiger partial charge in [0.25, 0.3) is 0 Å². The Morgan fingerprint density at radius 1 is 1.42 bits per heavy atom. The van der Waals surface area contributed by atoms with Gasteiger partial charge in [-0.25, -0.2) is 9.98 Å². The maximum atomic E-state index is 5.83. The molecule has 1 rings (SSSR count). The number of nitrogens with two attached hydrogens (primary N) is 1. The lowest BCUT2D eigenvalue weighted by atomic mass is 10.1. The second kappa shape index (κ2) is 7.42. The Hall–Kier alpha value is -0.370. The van der Waals surface area contributed by atoms with Gasteiger partial charge in [0.1, 0.15) is 5.01 Å². The van der Waals surface area contributed by atoms with Crippen molar-refractivity contribution < 1.29 is 0 Å². The topological polar surface area (TPSA) is 63.3 Å². The summed E-state index contributed by atoms with van der Waals surface area (Å²) >= 11 is 1.70. The lowest BCUT2D eigenvalue weighted by Gasteiger charge is -2.20. The van der Waals surface area contributed by atoms with Crippen molar-refractivity contribution in [3.8, 4) is 0 Å². The van der Waals surface area contributed by atoms with E-state index in [0.717, 1.165) is 5.01 Å². The molecule has 1 aromatic rings. The van der Waals surface area contributed by atoms with Crippen LogP contribution in [0.5, 0.6) is 0 Å². The molecule has 0 bridgehead atoms. The Kier molecular flexibility index (Phi) is 7.28. The second-order valence-corrected chi connectivity index (χ2v) is 7.07. The number of aliphatic imine (C=N–C) groups is 1. The minimum Gasteiger partial charge on any atom is -0.370 e. The molecule has 110 valence electrons. The van der Waals surface area contributed by atoms with Crippen LogP contribution in [0, 0.1) is 6.92 Å². The van der Waals surface area contributed by atoms with E-state index in [1.54, 1.807) is 11.3 Å². The number of rotatable bonds is 3. The fourth-order valence-electron chi connectivity index (χ4n) is 1.64. The van der Waals surface area contributed by atoms with Gasteiger partial charge in [0, 0.05) is 10.4 Å². The van der Waals surface area contributed by atoms with E-state index in [1.807, 2.05) is 0 Å². The van der Waals surface area contributed by atoms with E-state index >= 15 is 0 Å². The van der Waals surface area contributed by atoms with E-state index in [2.05, 4.69) is 56.8 Å². The molecule has 0 aliphatic carbocycles. The highest BCUT2D eigenvalue weighted by molar-refractivity contribution is 14.0. The van der Waals surface area contributed by atoms with Gasteiger partial charge in [-0.15, -0.1) is 35.3 Å². The van der Waals surface area contributed by atoms with Gasteiger partial charge in [-0.1, -0.05) is 13.8 Å². The molecule has 0 aliphatic rings. The number of halogens is 1. The van der Waals surface area contributed by atoms with Crippen LogP contribution in [-0.4, -0.2) is 16.5 Å². The van der Waals surface area contributed by atoms with Crippen LogP contribution in [0.15, 0.2) is 4.99 Å². The Balaban J connectivity index is 0.00000324. The van der Waals surface area contributed by atoms with Gasteiger partial charge in [0.15, 0.2) is 5.96 Å². The first-order valence-electron chi connectivity index (χ1n) is 6.23. The third-order valence-electron chi connectivity index (χ3n) is 2.31. The van der Waals surface area contributed by atoms with Crippen LogP contribution < -0.4 is 11.1 Å². The highest BCUT2D eigenvalue weighted by Crippen LogP contribution is 2.24. The number of aryl methyl sites for hydroxylation is 1. The number of thiazole rings is 1. The number of hydrogen-bond acceptors (Lipinski definition) is 3. The summed E-state index contributed by atoms with van der Waals surface area (Å²) in [5, 5.41) is 4.16. The Bertz CT molecular complexity index is 432. The van der Waals surface area contributed by atoms with Crippen LogP contribution in [0.3, 0.4) is 0 Å². The van der Waals surface area contributed by atoms with Gasteiger partial charge in [-0.3, -0.25) is 0 Å². The molecule has 6 heteroatoms. The van der Waals surface area contributed by atoms with Crippen molar-refractivity contribution in [1.29, 1.82) is 0 Å². The van der Waals surface area contributed by atoms with E-state index < -0.39 is 0 Å². The normalized spacial score (nSPS) is 12.5. The summed E-state index contributed by atoms with van der Waals surface area (Å²) in [7, 11) is 0. The number of aromatic nitrogens is 1. The molecule has 0 atom stereocenters. The zero-order valence-electron chi connectivity index (χ0n) is 12.6. The lowest BCUT2D eigenvalue weighted by Crippen LogP contribution is -2.44. The molecule has 0 spiro atoms. The zero-order valence-corrected chi connectivity index (χ0v) is 15.7. The van der Waals surface area contributed by atoms with Crippen molar-refractivity contribution in [1.82, 2.24) is 10.3 Å². The monoisotopic (exact) mass is 396 g/mol. The summed E-state index contributed by atoms with van der Waals surface area (Å²) < 4.78 is 0. The highest BCUT2D eigenvalue weighted by Gasteiger charge is 2.12. The first-order valence-corrected chi connectivity index (χ1v) is 7.05. The van der Waals surface area contributed by atoms with E-state index in [1.165, 1.54) is 10.6 Å². The van der Waals surface area contributed by atoms with Gasteiger partial charge in [0.2, 0.25) is 0 Å². The Labute approximate surface area is 137 Å². The van der Waals surface area contributed by atoms with Gasteiger partial charge < -0.3 is 11.1 Å². The Morgan fingerprint density at radius 3 is 2.42 bits per heavy atom. The van der Waals surface area contributed by atoms with E-state index in [0.29, 0.717) is 18.4 Å². The number of nitrogens with zero attached hydrogens (tertiary/aromatic N) is 2. The van der Waals surface area contributed by atoms with Crippen molar-refractivity contribution in [3.05, 3.63) is 15.6 Å². The summed E-state index contributed by atoms with van der Waals surface area (Å²) in [5.74, 6) is 0.936. The minimum atomic E-state index is -0.0600. The molecule has 0 fully saturated rings. The number of nitrogens with one attached hydrogen (secondary N) is 1. The van der Waals surface area contributed by atoms with Crippen LogP contribution in [-0.2, 0) is 6.54 Å². The fourth-order valence-corrected chi connectivity index (χ4v) is 2.66. The van der Waals surface area contributed by atoms with Crippen LogP contribution in [0.2, 0.25) is 0 Å². The van der Waals surface area contributed by atoms with E-state index in [4.69, 9.17) is 5.73 Å². The van der Waals surface area contributed by atoms with Gasteiger partial charge in [-0.05, 0) is 33.6 Å². The quantitative estimate of drug-likeness (QED) is 0.468. The van der Waals surface area contributed by atoms with Crippen molar-refractivity contribution in [2.45, 2.75) is 59.5 Å². The average Bonchev–Trinajstić information content (AvgIpc) is 2.54. The SMILES string of the molecule is Cc1sc(CN=C(N)NC(C)(C)C)nc1C(C)C.I. The second-order valence-electron chi connectivity index (χ2n) is 5.78. The molecular formula is C13H25IN4S. The first kappa shape index (κ1) is 18.6. The summed E-state index contributed by atoms with van der Waals surface area (Å²) in [6, 6.07) is 0. The molecule has 0 aliphatic heterocycles. The van der Waals surface area contributed by atoms with Crippen LogP contribution >= 0.6 is 35.3 Å². The smallest absolute Gasteiger partial charge is 0.189 e. The predicted molar refractivity (Wildman–Crippen MR) is 94.6 cm³/mol. The molecule has 0 unspecified atom stereocenters. The molecule has 1 heterocycles. The van der Waals surface area contributed by atoms with Crippen LogP contribution in [0.4, 0.5) is 0 Å². The van der Waals surface area contributed by atoms with Crippen LogP contribution in [0.25, 0.3) is 0 Å². The minimum absolute atomic E-state index is 0. The number of hydrogen-bond donors (Lipinski definition) is 2. The Morgan fingerprint density at radius 2 is 2.00 bits per heavy atom. The molecule has 0 saturated carbocycles. The molecule has 0 saturated heterocycles. The van der Waals surface area contributed by atoms with Crippen molar-refractivity contribution in [3.63, 3.8) is 0 Å². The summed E-state index contributed by atoms with van der Waals surface area (Å²) in [6.07, 6.45) is 0. The third kappa shape index (κ3) is 6.56. The first-order chi connectivity index (χ1) is 8.19. The zero-order chi connectivity index (χ0) is 13.9. The molecule has 0 aromatic carbocycles. The molecule has 0 amide bonds. The average molecular weight is 396 g/mol. The highest BCUT2D eigenvalue weighted by atomic mass is 127. The van der Waals surface area contributed by atoms with Gasteiger partial charge in [-0.2, -0.15) is 0 Å². The van der Waals surface area contributed by atoms with Gasteiger partial charge >= 0.3 is 0 Å². The third-order valence-corrected chi connectivity index (χ3v) is 3.28. The van der Waals surface area contributed by atoms with E-state index in [-0.39, 0.29) is 29.5 Å². The molecule has 19 heavy (non-hydrogen) atoms. The number of guanidine groups is 1. The van der Waals surface area contributed by atoms with Crippen molar-refractivity contribution in [2.24, 2.45) is 10.7 Å². The summed E-state index contributed by atoms with van der Waals surface area (Å²) in [5.41, 5.74) is 6.94. The van der Waals surface area contributed by atoms with E-state index in [9.17, 15) is 0 Å². The standard InChI is InChI=1S/C13H24N4S.HI/c1-8(2)11-9(3)18-10(16-11)7-15-12(14)17-13(4,5)6;/h8H,7H2,1-6H3,(H3,14,15,17);1H. The molecular weight excluding hydrogens is 371 g/mol. The summed E-state index contributed by atoms with van der Waals surface area (Å²) in [6.45, 7) is 13.1. The molecule has 4 nitrogen and oxygen atoms in total. The molecule has 1 aromatic heterocycles. The molecule has 3 N–H and O–H groups in total. The van der Waals surface area contributed by atoms with Gasteiger partial charge in [0.05, 0.1) is 12.2 Å². The maximum Gasteiger partial charge on any atom is 0.189 e. The lowest BCUT2D eigenvalue weighted by molar-refractivity contribution is 0.508. The maximum absolute atomic E-state index is 5.83.